The van der Waals surface area contributed by atoms with Crippen molar-refractivity contribution in [3.05, 3.63) is 0 Å². The summed E-state index contributed by atoms with van der Waals surface area (Å²) in [5.74, 6) is 0. The predicted molar refractivity (Wildman–Crippen MR) is 26.7 cm³/mol. The zero-order valence-corrected chi connectivity index (χ0v) is 5.00. The topological polar surface area (TPSA) is 35.5 Å². The van der Waals surface area contributed by atoms with E-state index in [1.165, 1.54) is 0 Å². The summed E-state index contributed by atoms with van der Waals surface area (Å²) in [5.41, 5.74) is 0. The van der Waals surface area contributed by atoms with Crippen molar-refractivity contribution < 1.29 is 23.0 Å². The Balaban J connectivity index is 2.40. The lowest BCUT2D eigenvalue weighted by Crippen LogP contribution is -2.39. The van der Waals surface area contributed by atoms with Gasteiger partial charge >= 0.3 is 0 Å². The van der Waals surface area contributed by atoms with E-state index in [0.717, 1.165) is 0 Å². The number of aldehydes is 1. The monoisotopic (exact) mass is 152 g/mol. The summed E-state index contributed by atoms with van der Waals surface area (Å²) in [5, 5.41) is 0. The first kappa shape index (κ1) is 7.56. The maximum atomic E-state index is 12.2. The van der Waals surface area contributed by atoms with E-state index < -0.39 is 25.4 Å². The van der Waals surface area contributed by atoms with Crippen molar-refractivity contribution in [2.45, 2.75) is 18.8 Å². The Morgan fingerprint density at radius 1 is 1.50 bits per heavy atom. The van der Waals surface area contributed by atoms with Gasteiger partial charge in [-0.2, -0.15) is 0 Å². The molecule has 0 aliphatic carbocycles. The van der Waals surface area contributed by atoms with Gasteiger partial charge in [0.25, 0.3) is 0 Å². The van der Waals surface area contributed by atoms with Crippen LogP contribution in [0.5, 0.6) is 0 Å². The second kappa shape index (κ2) is 3.03. The van der Waals surface area contributed by atoms with E-state index in [1.807, 2.05) is 0 Å². The molecule has 0 aromatic heterocycles. The molecule has 0 radical (unpaired) electrons. The molecule has 3 nitrogen and oxygen atoms in total. The molecule has 58 valence electrons. The number of carbonyl (C=O) groups is 1. The van der Waals surface area contributed by atoms with Crippen LogP contribution >= 0.6 is 0 Å². The quantitative estimate of drug-likeness (QED) is 0.503. The molecule has 0 bridgehead atoms. The molecule has 1 heterocycles. The standard InChI is InChI=1S/C5H6F2O3/c6-3-2-9-4(1-8)10-5(3)7/h1,3-5H,2H2. The number of hydrogen-bond donors (Lipinski definition) is 0. The van der Waals surface area contributed by atoms with Gasteiger partial charge in [0, 0.05) is 0 Å². The third kappa shape index (κ3) is 1.48. The first-order valence-corrected chi connectivity index (χ1v) is 2.74. The van der Waals surface area contributed by atoms with Gasteiger partial charge in [0.15, 0.2) is 12.5 Å². The third-order valence-electron chi connectivity index (χ3n) is 1.08. The van der Waals surface area contributed by atoms with Gasteiger partial charge in [-0.05, 0) is 0 Å². The molecule has 5 heteroatoms. The molecule has 10 heavy (non-hydrogen) atoms. The van der Waals surface area contributed by atoms with E-state index in [0.29, 0.717) is 0 Å². The third-order valence-corrected chi connectivity index (χ3v) is 1.08. The maximum Gasteiger partial charge on any atom is 0.235 e. The first-order valence-electron chi connectivity index (χ1n) is 2.74. The van der Waals surface area contributed by atoms with Gasteiger partial charge in [0.2, 0.25) is 12.6 Å². The minimum atomic E-state index is -2.04. The molecule has 1 aliphatic rings. The number of alkyl halides is 2. The SMILES string of the molecule is O=CC1OCC(F)C(F)O1. The van der Waals surface area contributed by atoms with Crippen molar-refractivity contribution in [2.24, 2.45) is 0 Å². The molecule has 1 saturated heterocycles. The smallest absolute Gasteiger partial charge is 0.235 e. The van der Waals surface area contributed by atoms with Crippen LogP contribution < -0.4 is 0 Å². The summed E-state index contributed by atoms with van der Waals surface area (Å²) < 4.78 is 32.8. The number of carbonyl (C=O) groups excluding carboxylic acids is 1. The molecule has 0 saturated carbocycles. The fourth-order valence-electron chi connectivity index (χ4n) is 0.586. The van der Waals surface area contributed by atoms with Gasteiger partial charge in [0.1, 0.15) is 0 Å². The number of halogens is 2. The maximum absolute atomic E-state index is 12.2. The van der Waals surface area contributed by atoms with E-state index >= 15 is 0 Å². The average molecular weight is 152 g/mol. The van der Waals surface area contributed by atoms with Crippen LogP contribution in [0.3, 0.4) is 0 Å². The Morgan fingerprint density at radius 2 is 2.20 bits per heavy atom. The molecule has 3 atom stereocenters. The summed E-state index contributed by atoms with van der Waals surface area (Å²) >= 11 is 0. The van der Waals surface area contributed by atoms with E-state index in [2.05, 4.69) is 9.47 Å². The van der Waals surface area contributed by atoms with Gasteiger partial charge in [-0.1, -0.05) is 0 Å². The zero-order valence-electron chi connectivity index (χ0n) is 5.00. The molecule has 0 spiro atoms. The largest absolute Gasteiger partial charge is 0.343 e. The lowest BCUT2D eigenvalue weighted by atomic mass is 10.4. The normalized spacial score (nSPS) is 41.2. The Kier molecular flexibility index (Phi) is 2.29. The summed E-state index contributed by atoms with van der Waals surface area (Å²) in [6.45, 7) is -0.426. The van der Waals surface area contributed by atoms with E-state index in [4.69, 9.17) is 0 Å². The molecular formula is C5H6F2O3. The van der Waals surface area contributed by atoms with Crippen molar-refractivity contribution in [1.29, 1.82) is 0 Å². The molecule has 1 aliphatic heterocycles. The Labute approximate surface area is 55.9 Å². The van der Waals surface area contributed by atoms with Gasteiger partial charge in [-0.25, -0.2) is 8.78 Å². The average Bonchev–Trinajstić information content (AvgIpc) is 1.95. The van der Waals surface area contributed by atoms with Crippen molar-refractivity contribution in [2.75, 3.05) is 6.61 Å². The van der Waals surface area contributed by atoms with E-state index in [-0.39, 0.29) is 6.29 Å². The van der Waals surface area contributed by atoms with Crippen molar-refractivity contribution in [3.8, 4) is 0 Å². The van der Waals surface area contributed by atoms with Crippen LogP contribution in [-0.4, -0.2) is 31.7 Å². The lowest BCUT2D eigenvalue weighted by molar-refractivity contribution is -0.257. The number of ether oxygens (including phenoxy) is 2. The van der Waals surface area contributed by atoms with Gasteiger partial charge in [-0.3, -0.25) is 4.79 Å². The van der Waals surface area contributed by atoms with Crippen molar-refractivity contribution in [1.82, 2.24) is 0 Å². The van der Waals surface area contributed by atoms with Crippen LogP contribution in [0.15, 0.2) is 0 Å². The highest BCUT2D eigenvalue weighted by Crippen LogP contribution is 2.15. The minimum absolute atomic E-state index is 0.276. The first-order chi connectivity index (χ1) is 4.74. The molecule has 1 rings (SSSR count). The fourth-order valence-corrected chi connectivity index (χ4v) is 0.586. The number of hydrogen-bond acceptors (Lipinski definition) is 3. The molecule has 3 unspecified atom stereocenters. The summed E-state index contributed by atoms with van der Waals surface area (Å²) in [6.07, 6.45) is -4.79. The van der Waals surface area contributed by atoms with Crippen LogP contribution in [0.4, 0.5) is 8.78 Å². The fraction of sp³-hybridized carbons (Fsp3) is 0.800. The predicted octanol–water partition coefficient (Wildman–Crippen LogP) is 0.192. The molecule has 1 fully saturated rings. The highest BCUT2D eigenvalue weighted by atomic mass is 19.2. The highest BCUT2D eigenvalue weighted by molar-refractivity contribution is 5.53. The highest BCUT2D eigenvalue weighted by Gasteiger charge is 2.31. The zero-order chi connectivity index (χ0) is 7.56. The minimum Gasteiger partial charge on any atom is -0.343 e. The Hall–Kier alpha value is -0.550. The van der Waals surface area contributed by atoms with Crippen LogP contribution in [-0.2, 0) is 14.3 Å². The summed E-state index contributed by atoms with van der Waals surface area (Å²) in [7, 11) is 0. The Bertz CT molecular complexity index is 130. The molecule has 0 amide bonds. The van der Waals surface area contributed by atoms with E-state index in [1.54, 1.807) is 0 Å². The van der Waals surface area contributed by atoms with Crippen LogP contribution in [0, 0.1) is 0 Å². The second-order valence-corrected chi connectivity index (χ2v) is 1.84. The van der Waals surface area contributed by atoms with Crippen molar-refractivity contribution in [3.63, 3.8) is 0 Å². The van der Waals surface area contributed by atoms with Crippen LogP contribution in [0.1, 0.15) is 0 Å². The van der Waals surface area contributed by atoms with Crippen molar-refractivity contribution >= 4 is 6.29 Å². The van der Waals surface area contributed by atoms with Gasteiger partial charge in [0.05, 0.1) is 6.61 Å². The van der Waals surface area contributed by atoms with Gasteiger partial charge < -0.3 is 9.47 Å². The molecular weight excluding hydrogens is 146 g/mol. The summed E-state index contributed by atoms with van der Waals surface area (Å²) in [6, 6.07) is 0. The van der Waals surface area contributed by atoms with Gasteiger partial charge in [-0.15, -0.1) is 0 Å². The van der Waals surface area contributed by atoms with E-state index in [9.17, 15) is 13.6 Å². The second-order valence-electron chi connectivity index (χ2n) is 1.84. The summed E-state index contributed by atoms with van der Waals surface area (Å²) in [4.78, 5) is 9.87. The molecule has 0 aromatic rings. The lowest BCUT2D eigenvalue weighted by Gasteiger charge is -2.24. The van der Waals surface area contributed by atoms with Crippen LogP contribution in [0.2, 0.25) is 0 Å². The molecule has 0 aromatic carbocycles. The molecule has 0 N–H and O–H groups in total. The Morgan fingerprint density at radius 3 is 2.70 bits per heavy atom. The number of rotatable bonds is 1. The van der Waals surface area contributed by atoms with Crippen LogP contribution in [0.25, 0.3) is 0 Å².